The van der Waals surface area contributed by atoms with Gasteiger partial charge in [-0.3, -0.25) is 10.1 Å². The number of amides is 1. The maximum atomic E-state index is 12.4. The number of carbonyl (C=O) groups is 1. The van der Waals surface area contributed by atoms with Crippen LogP contribution in [0, 0.1) is 0 Å². The Labute approximate surface area is 107 Å². The zero-order valence-electron chi connectivity index (χ0n) is 9.17. The molecule has 1 heterocycles. The first-order chi connectivity index (χ1) is 8.37. The van der Waals surface area contributed by atoms with Gasteiger partial charge in [-0.2, -0.15) is 13.2 Å². The third-order valence-corrected chi connectivity index (χ3v) is 2.87. The van der Waals surface area contributed by atoms with E-state index in [1.54, 1.807) is 24.3 Å². The number of nitrogens with zero attached hydrogens (tertiary/aromatic N) is 1. The van der Waals surface area contributed by atoms with Crippen molar-refractivity contribution in [1.82, 2.24) is 10.2 Å². The van der Waals surface area contributed by atoms with Gasteiger partial charge in [-0.25, -0.2) is 0 Å². The lowest BCUT2D eigenvalue weighted by Crippen LogP contribution is -2.38. The molecule has 2 rings (SSSR count). The molecule has 0 aromatic heterocycles. The number of halogens is 4. The van der Waals surface area contributed by atoms with Gasteiger partial charge in [0, 0.05) is 5.02 Å². The van der Waals surface area contributed by atoms with Gasteiger partial charge in [0.1, 0.15) is 12.7 Å². The zero-order valence-corrected chi connectivity index (χ0v) is 9.92. The van der Waals surface area contributed by atoms with Crippen molar-refractivity contribution >= 4 is 17.5 Å². The lowest BCUT2D eigenvalue weighted by atomic mass is 10.1. The Morgan fingerprint density at radius 2 is 1.94 bits per heavy atom. The Kier molecular flexibility index (Phi) is 3.49. The average Bonchev–Trinajstić information content (AvgIpc) is 2.60. The minimum atomic E-state index is -4.41. The van der Waals surface area contributed by atoms with Crippen LogP contribution in [0.3, 0.4) is 0 Å². The van der Waals surface area contributed by atoms with E-state index < -0.39 is 24.8 Å². The van der Waals surface area contributed by atoms with E-state index in [4.69, 9.17) is 11.6 Å². The highest BCUT2D eigenvalue weighted by Crippen LogP contribution is 2.27. The van der Waals surface area contributed by atoms with Gasteiger partial charge in [-0.1, -0.05) is 23.7 Å². The third-order valence-electron chi connectivity index (χ3n) is 2.61. The lowest BCUT2D eigenvalue weighted by Gasteiger charge is -2.25. The number of alkyl halides is 3. The Balaban J connectivity index is 2.21. The first-order valence-corrected chi connectivity index (χ1v) is 5.60. The highest BCUT2D eigenvalue weighted by Gasteiger charge is 2.40. The van der Waals surface area contributed by atoms with E-state index in [1.807, 2.05) is 0 Å². The molecule has 1 aromatic rings. The van der Waals surface area contributed by atoms with Crippen LogP contribution in [-0.2, 0) is 4.79 Å². The largest absolute Gasteiger partial charge is 0.406 e. The summed E-state index contributed by atoms with van der Waals surface area (Å²) in [5.74, 6) is -0.563. The fourth-order valence-electron chi connectivity index (χ4n) is 1.86. The molecule has 0 bridgehead atoms. The number of carbonyl (C=O) groups excluding carboxylic acids is 1. The number of benzene rings is 1. The van der Waals surface area contributed by atoms with E-state index in [0.717, 1.165) is 4.90 Å². The van der Waals surface area contributed by atoms with Crippen LogP contribution in [0.2, 0.25) is 5.02 Å². The molecule has 1 fully saturated rings. The second-order valence-corrected chi connectivity index (χ2v) is 4.41. The summed E-state index contributed by atoms with van der Waals surface area (Å²) in [7, 11) is 0. The van der Waals surface area contributed by atoms with Crippen LogP contribution in [0.25, 0.3) is 0 Å². The molecule has 1 atom stereocenters. The van der Waals surface area contributed by atoms with Crippen molar-refractivity contribution in [1.29, 1.82) is 0 Å². The monoisotopic (exact) mass is 278 g/mol. The van der Waals surface area contributed by atoms with Gasteiger partial charge < -0.3 is 4.90 Å². The van der Waals surface area contributed by atoms with Crippen LogP contribution in [0.5, 0.6) is 0 Å². The molecule has 1 aliphatic heterocycles. The van der Waals surface area contributed by atoms with Gasteiger partial charge in [0.25, 0.3) is 0 Å². The Hall–Kier alpha value is -1.27. The molecule has 0 radical (unpaired) electrons. The molecule has 0 spiro atoms. The quantitative estimate of drug-likeness (QED) is 0.900. The van der Waals surface area contributed by atoms with Crippen molar-refractivity contribution in [3.63, 3.8) is 0 Å². The van der Waals surface area contributed by atoms with Crippen LogP contribution in [-0.4, -0.2) is 30.1 Å². The molecule has 1 aromatic carbocycles. The molecule has 0 aliphatic carbocycles. The topological polar surface area (TPSA) is 32.3 Å². The fourth-order valence-corrected chi connectivity index (χ4v) is 1.98. The Bertz CT molecular complexity index is 447. The maximum Gasteiger partial charge on any atom is 0.406 e. The van der Waals surface area contributed by atoms with Gasteiger partial charge in [0.05, 0.1) is 6.54 Å². The van der Waals surface area contributed by atoms with Gasteiger partial charge in [-0.15, -0.1) is 0 Å². The van der Waals surface area contributed by atoms with Crippen LogP contribution in [0.4, 0.5) is 13.2 Å². The summed E-state index contributed by atoms with van der Waals surface area (Å²) in [6, 6.07) is 6.35. The molecule has 3 nitrogen and oxygen atoms in total. The summed E-state index contributed by atoms with van der Waals surface area (Å²) in [4.78, 5) is 12.2. The zero-order chi connectivity index (χ0) is 13.3. The van der Waals surface area contributed by atoms with E-state index >= 15 is 0 Å². The second-order valence-electron chi connectivity index (χ2n) is 3.97. The van der Waals surface area contributed by atoms with E-state index in [2.05, 4.69) is 5.32 Å². The molecule has 1 aliphatic rings. The first kappa shape index (κ1) is 13.2. The lowest BCUT2D eigenvalue weighted by molar-refractivity contribution is -0.161. The number of rotatable bonds is 2. The predicted octanol–water partition coefficient (Wildman–Crippen LogP) is 2.33. The first-order valence-electron chi connectivity index (χ1n) is 5.22. The summed E-state index contributed by atoms with van der Waals surface area (Å²) in [6.45, 7) is -1.35. The molecule has 1 amide bonds. The standard InChI is InChI=1S/C11H10ClF3N2O/c12-8-3-1-7(2-4-8)10-16-5-9(18)17(10)6-11(13,14)15/h1-4,10,16H,5-6H2. The van der Waals surface area contributed by atoms with Crippen molar-refractivity contribution < 1.29 is 18.0 Å². The minimum Gasteiger partial charge on any atom is -0.313 e. The van der Waals surface area contributed by atoms with Crippen LogP contribution in [0.15, 0.2) is 24.3 Å². The van der Waals surface area contributed by atoms with Crippen molar-refractivity contribution in [3.05, 3.63) is 34.9 Å². The van der Waals surface area contributed by atoms with E-state index in [9.17, 15) is 18.0 Å². The maximum absolute atomic E-state index is 12.4. The van der Waals surface area contributed by atoms with Gasteiger partial charge >= 0.3 is 6.18 Å². The summed E-state index contributed by atoms with van der Waals surface area (Å²) < 4.78 is 37.2. The smallest absolute Gasteiger partial charge is 0.313 e. The van der Waals surface area contributed by atoms with Gasteiger partial charge in [0.15, 0.2) is 0 Å². The molecule has 7 heteroatoms. The molecule has 98 valence electrons. The molecular formula is C11H10ClF3N2O. The molecule has 1 N–H and O–H groups in total. The van der Waals surface area contributed by atoms with E-state index in [1.165, 1.54) is 0 Å². The summed E-state index contributed by atoms with van der Waals surface area (Å²) in [6.07, 6.45) is -5.16. The molecule has 1 unspecified atom stereocenters. The SMILES string of the molecule is O=C1CNC(c2ccc(Cl)cc2)N1CC(F)(F)F. The molecular weight excluding hydrogens is 269 g/mol. The summed E-state index contributed by atoms with van der Waals surface area (Å²) in [5, 5.41) is 3.24. The summed E-state index contributed by atoms with van der Waals surface area (Å²) in [5.41, 5.74) is 0.578. The normalized spacial score (nSPS) is 20.6. The number of hydrogen-bond donors (Lipinski definition) is 1. The van der Waals surface area contributed by atoms with E-state index in [-0.39, 0.29) is 6.54 Å². The van der Waals surface area contributed by atoms with Crippen molar-refractivity contribution in [2.75, 3.05) is 13.1 Å². The number of hydrogen-bond acceptors (Lipinski definition) is 2. The Morgan fingerprint density at radius 3 is 2.50 bits per heavy atom. The van der Waals surface area contributed by atoms with Crippen molar-refractivity contribution in [3.8, 4) is 0 Å². The highest BCUT2D eigenvalue weighted by molar-refractivity contribution is 6.30. The van der Waals surface area contributed by atoms with Crippen molar-refractivity contribution in [2.24, 2.45) is 0 Å². The molecule has 1 saturated heterocycles. The van der Waals surface area contributed by atoms with Crippen molar-refractivity contribution in [2.45, 2.75) is 12.3 Å². The third kappa shape index (κ3) is 2.94. The van der Waals surface area contributed by atoms with Gasteiger partial charge in [-0.05, 0) is 17.7 Å². The summed E-state index contributed by atoms with van der Waals surface area (Å²) >= 11 is 5.71. The van der Waals surface area contributed by atoms with Crippen LogP contribution in [0.1, 0.15) is 11.7 Å². The van der Waals surface area contributed by atoms with E-state index in [0.29, 0.717) is 10.6 Å². The fraction of sp³-hybridized carbons (Fsp3) is 0.364. The molecule has 0 saturated carbocycles. The second kappa shape index (κ2) is 4.78. The highest BCUT2D eigenvalue weighted by atomic mass is 35.5. The number of nitrogens with one attached hydrogen (secondary N) is 1. The Morgan fingerprint density at radius 1 is 1.33 bits per heavy atom. The predicted molar refractivity (Wildman–Crippen MR) is 60.0 cm³/mol. The van der Waals surface area contributed by atoms with Crippen LogP contribution >= 0.6 is 11.6 Å². The molecule has 18 heavy (non-hydrogen) atoms. The average molecular weight is 279 g/mol. The van der Waals surface area contributed by atoms with Crippen LogP contribution < -0.4 is 5.32 Å². The minimum absolute atomic E-state index is 0.0939. The van der Waals surface area contributed by atoms with Gasteiger partial charge in [0.2, 0.25) is 5.91 Å².